The maximum absolute atomic E-state index is 13.3. The van der Waals surface area contributed by atoms with E-state index in [9.17, 15) is 49.3 Å². The maximum Gasteiger partial charge on any atom is 0.303 e. The molecule has 0 saturated carbocycles. The molecule has 204 valence electrons. The van der Waals surface area contributed by atoms with Crippen molar-refractivity contribution in [3.05, 3.63) is 0 Å². The zero-order chi connectivity index (χ0) is 27.8. The normalized spacial score (nSPS) is 24.1. The minimum absolute atomic E-state index is 0.162. The van der Waals surface area contributed by atoms with Crippen LogP contribution < -0.4 is 16.4 Å². The Bertz CT molecular complexity index is 855. The van der Waals surface area contributed by atoms with Crippen LogP contribution in [0, 0.1) is 0 Å². The lowest BCUT2D eigenvalue weighted by Crippen LogP contribution is -2.68. The summed E-state index contributed by atoms with van der Waals surface area (Å²) in [5.74, 6) is -5.43. The average Bonchev–Trinajstić information content (AvgIpc) is 3.13. The van der Waals surface area contributed by atoms with E-state index in [1.165, 1.54) is 0 Å². The number of nitrogens with zero attached hydrogens (tertiary/aromatic N) is 1. The van der Waals surface area contributed by atoms with E-state index < -0.39 is 91.0 Å². The van der Waals surface area contributed by atoms with Crippen LogP contribution in [0.3, 0.4) is 0 Å². The van der Waals surface area contributed by atoms with Crippen LogP contribution in [0.15, 0.2) is 0 Å². The van der Waals surface area contributed by atoms with Gasteiger partial charge < -0.3 is 51.5 Å². The lowest BCUT2D eigenvalue weighted by atomic mass is 9.87. The Balaban J connectivity index is 3.44. The summed E-state index contributed by atoms with van der Waals surface area (Å²) in [7, 11) is 0. The maximum atomic E-state index is 13.3. The van der Waals surface area contributed by atoms with Crippen LogP contribution >= 0.6 is 0 Å². The number of amides is 3. The number of rotatable bonds is 15. The van der Waals surface area contributed by atoms with Crippen LogP contribution in [0.5, 0.6) is 0 Å². The molecule has 0 spiro atoms. The summed E-state index contributed by atoms with van der Waals surface area (Å²) >= 11 is 0. The van der Waals surface area contributed by atoms with E-state index >= 15 is 0 Å². The average molecular weight is 520 g/mol. The number of Topliss-reactive ketones (excluding diaryl/α,β-unsaturated/α-hetero) is 1. The fourth-order valence-corrected chi connectivity index (χ4v) is 3.93. The van der Waals surface area contributed by atoms with Crippen LogP contribution in [0.25, 0.3) is 0 Å². The number of carboxylic acid groups (broad SMARTS) is 1. The topological polar surface area (TPSA) is 266 Å². The van der Waals surface area contributed by atoms with Crippen molar-refractivity contribution < 1.29 is 59.1 Å². The molecule has 1 heterocycles. The predicted molar refractivity (Wildman–Crippen MR) is 116 cm³/mol. The fourth-order valence-electron chi connectivity index (χ4n) is 3.93. The lowest BCUT2D eigenvalue weighted by Gasteiger charge is -2.39. The number of carboxylic acids is 1. The summed E-state index contributed by atoms with van der Waals surface area (Å²) < 4.78 is 5.70. The molecule has 0 aromatic rings. The van der Waals surface area contributed by atoms with Gasteiger partial charge in [0, 0.05) is 19.9 Å². The molecule has 1 rings (SSSR count). The summed E-state index contributed by atoms with van der Waals surface area (Å²) in [6.45, 7) is 0.638. The first-order valence-corrected chi connectivity index (χ1v) is 10.9. The van der Waals surface area contributed by atoms with Gasteiger partial charge >= 0.3 is 5.97 Å². The molecule has 0 aromatic carbocycles. The summed E-state index contributed by atoms with van der Waals surface area (Å²) in [5, 5.41) is 53.7. The highest BCUT2D eigenvalue weighted by Crippen LogP contribution is 2.34. The first-order valence-electron chi connectivity index (χ1n) is 10.9. The molecule has 3 amide bonds. The van der Waals surface area contributed by atoms with Gasteiger partial charge in [-0.25, -0.2) is 0 Å². The molecule has 16 nitrogen and oxygen atoms in total. The molecule has 7 atom stereocenters. The first kappa shape index (κ1) is 31.0. The quantitative estimate of drug-likeness (QED) is 0.0747. The number of aldehydes is 1. The third-order valence-corrected chi connectivity index (χ3v) is 5.76. The zero-order valence-electron chi connectivity index (χ0n) is 19.7. The Hall–Kier alpha value is -3.02. The third kappa shape index (κ3) is 7.02. The minimum Gasteiger partial charge on any atom is -0.481 e. The summed E-state index contributed by atoms with van der Waals surface area (Å²) in [6.07, 6.45) is -8.37. The number of hydrogen-bond donors (Lipinski definition) is 8. The number of hydrogen-bond acceptors (Lipinski definition) is 12. The van der Waals surface area contributed by atoms with Gasteiger partial charge in [-0.15, -0.1) is 0 Å². The minimum atomic E-state index is -2.55. The highest BCUT2D eigenvalue weighted by Gasteiger charge is 2.61. The summed E-state index contributed by atoms with van der Waals surface area (Å²) in [6, 6.07) is -3.16. The van der Waals surface area contributed by atoms with E-state index in [-0.39, 0.29) is 19.3 Å². The van der Waals surface area contributed by atoms with Gasteiger partial charge in [0.25, 0.3) is 5.91 Å². The molecular formula is C20H32N4O12. The van der Waals surface area contributed by atoms with E-state index in [0.717, 1.165) is 13.8 Å². The highest BCUT2D eigenvalue weighted by molar-refractivity contribution is 6.11. The number of ether oxygens (including phenoxy) is 1. The van der Waals surface area contributed by atoms with Crippen LogP contribution in [0.4, 0.5) is 0 Å². The van der Waals surface area contributed by atoms with E-state index in [4.69, 9.17) is 15.6 Å². The van der Waals surface area contributed by atoms with Gasteiger partial charge in [-0.3, -0.25) is 24.0 Å². The van der Waals surface area contributed by atoms with Gasteiger partial charge in [0.2, 0.25) is 17.4 Å². The van der Waals surface area contributed by atoms with Crippen molar-refractivity contribution in [3.8, 4) is 0 Å². The molecule has 36 heavy (non-hydrogen) atoms. The number of aliphatic hydroxyl groups is 3. The fraction of sp³-hybridized carbons (Fsp3) is 0.700. The molecular weight excluding hydrogens is 488 g/mol. The molecule has 1 saturated heterocycles. The Kier molecular flexibility index (Phi) is 11.5. The third-order valence-electron chi connectivity index (χ3n) is 5.76. The Labute approximate surface area is 205 Å². The van der Waals surface area contributed by atoms with Crippen molar-refractivity contribution >= 4 is 35.8 Å². The number of nitrogens with two attached hydrogens (primary N) is 1. The van der Waals surface area contributed by atoms with E-state index in [1.807, 2.05) is 0 Å². The standard InChI is InChI=1S/C20H32N4O12/c1-9(27)20(19(34)23-11(18(21)33)3-4-15(30)31)14(5-6-24(20)35)36-17(16(32)13(29)8-26)12(7-25)22-10(2)28/h7,11-14,16-17,26,29,32,35H,3-6,8H2,1-2H3,(H2,21,33)(H,22,28)(H,23,34)(H,30,31)/t11-,12+,13-,14?,16-,17-,20+/m1/s1. The van der Waals surface area contributed by atoms with Crippen LogP contribution in [-0.4, -0.2) is 122 Å². The predicted octanol–water partition coefficient (Wildman–Crippen LogP) is -4.58. The Morgan fingerprint density at radius 3 is 2.25 bits per heavy atom. The lowest BCUT2D eigenvalue weighted by molar-refractivity contribution is -0.203. The number of aliphatic carboxylic acids is 1. The zero-order valence-corrected chi connectivity index (χ0v) is 19.7. The van der Waals surface area contributed by atoms with Crippen LogP contribution in [-0.2, 0) is 33.5 Å². The summed E-state index contributed by atoms with van der Waals surface area (Å²) in [4.78, 5) is 71.9. The van der Waals surface area contributed by atoms with Gasteiger partial charge in [0.05, 0.1) is 12.7 Å². The second kappa shape index (κ2) is 13.3. The van der Waals surface area contributed by atoms with Crippen LogP contribution in [0.2, 0.25) is 0 Å². The second-order valence-corrected chi connectivity index (χ2v) is 8.29. The molecule has 0 bridgehead atoms. The van der Waals surface area contributed by atoms with Crippen molar-refractivity contribution in [2.45, 2.75) is 75.1 Å². The largest absolute Gasteiger partial charge is 0.481 e. The molecule has 0 aliphatic carbocycles. The van der Waals surface area contributed by atoms with Gasteiger partial charge in [-0.05, 0) is 19.8 Å². The van der Waals surface area contributed by atoms with Crippen LogP contribution in [0.1, 0.15) is 33.1 Å². The van der Waals surface area contributed by atoms with Gasteiger partial charge in [-0.1, -0.05) is 0 Å². The molecule has 1 unspecified atom stereocenters. The number of hydroxylamine groups is 2. The Morgan fingerprint density at radius 2 is 1.81 bits per heavy atom. The van der Waals surface area contributed by atoms with Crippen molar-refractivity contribution in [1.82, 2.24) is 15.7 Å². The van der Waals surface area contributed by atoms with Gasteiger partial charge in [0.15, 0.2) is 5.78 Å². The number of nitrogens with one attached hydrogen (secondary N) is 2. The molecule has 1 aliphatic heterocycles. The van der Waals surface area contributed by atoms with Crippen molar-refractivity contribution in [2.75, 3.05) is 13.2 Å². The first-order chi connectivity index (χ1) is 16.7. The molecule has 1 fully saturated rings. The van der Waals surface area contributed by atoms with E-state index in [2.05, 4.69) is 10.6 Å². The van der Waals surface area contributed by atoms with Crippen molar-refractivity contribution in [2.24, 2.45) is 5.73 Å². The molecule has 16 heteroatoms. The molecule has 1 aliphatic rings. The molecule has 0 aromatic heterocycles. The molecule has 9 N–H and O–H groups in total. The SMILES string of the molecule is CC(=O)N[C@@H](C=O)[C@@H](OC1CCN(O)[C@]1(C(C)=O)C(=O)N[C@H](CCC(=O)O)C(N)=O)[C@H](O)[C@H](O)CO. The number of carbonyl (C=O) groups excluding carboxylic acids is 5. The summed E-state index contributed by atoms with van der Waals surface area (Å²) in [5.41, 5.74) is 2.68. The second-order valence-electron chi connectivity index (χ2n) is 8.29. The number of aliphatic hydroxyl groups excluding tert-OH is 3. The van der Waals surface area contributed by atoms with Crippen molar-refractivity contribution in [3.63, 3.8) is 0 Å². The monoisotopic (exact) mass is 520 g/mol. The number of primary amides is 1. The smallest absolute Gasteiger partial charge is 0.303 e. The van der Waals surface area contributed by atoms with Crippen molar-refractivity contribution in [1.29, 1.82) is 0 Å². The van der Waals surface area contributed by atoms with E-state index in [1.54, 1.807) is 0 Å². The highest BCUT2D eigenvalue weighted by atomic mass is 16.5. The van der Waals surface area contributed by atoms with Gasteiger partial charge in [-0.2, -0.15) is 5.06 Å². The van der Waals surface area contributed by atoms with E-state index in [0.29, 0.717) is 5.06 Å². The van der Waals surface area contributed by atoms with Gasteiger partial charge in [0.1, 0.15) is 36.7 Å². The number of carbonyl (C=O) groups is 6. The molecule has 0 radical (unpaired) electrons. The Morgan fingerprint density at radius 1 is 1.19 bits per heavy atom. The number of ketones is 1.